The van der Waals surface area contributed by atoms with Crippen molar-refractivity contribution in [3.63, 3.8) is 0 Å². The van der Waals surface area contributed by atoms with E-state index in [4.69, 9.17) is 4.74 Å². The molecule has 1 aliphatic carbocycles. The van der Waals surface area contributed by atoms with E-state index in [0.717, 1.165) is 34.0 Å². The highest BCUT2D eigenvalue weighted by molar-refractivity contribution is 7.27. The van der Waals surface area contributed by atoms with E-state index in [9.17, 15) is 4.79 Å². The van der Waals surface area contributed by atoms with Crippen molar-refractivity contribution in [3.8, 4) is 39.0 Å². The number of rotatable bonds is 7. The summed E-state index contributed by atoms with van der Waals surface area (Å²) in [7, 11) is 1.22. The number of esters is 1. The second-order valence-corrected chi connectivity index (χ2v) is 15.8. The second-order valence-electron chi connectivity index (χ2n) is 9.77. The van der Waals surface area contributed by atoms with Gasteiger partial charge in [-0.15, -0.1) is 68.0 Å². The number of carbonyl (C=O) groups is 1. The van der Waals surface area contributed by atoms with Crippen LogP contribution in [0.2, 0.25) is 0 Å². The van der Waals surface area contributed by atoms with Crippen LogP contribution in [0.5, 0.6) is 0 Å². The van der Waals surface area contributed by atoms with Crippen LogP contribution in [0.4, 0.5) is 26.3 Å². The van der Waals surface area contributed by atoms with Crippen LogP contribution in [0.3, 0.4) is 0 Å². The van der Waals surface area contributed by atoms with Crippen molar-refractivity contribution in [2.24, 2.45) is 0 Å². The molecule has 14 heteroatoms. The SMILES string of the molecule is COC(=O)c1ccc(-c2cc(C3=C(c4cc(-c5cccs5)sc4-c4cccs4)C(F)(F)C(F)(F)C3(F)F)c(-c3cccs3)s2)s1. The van der Waals surface area contributed by atoms with Gasteiger partial charge in [0.25, 0.3) is 0 Å². The Morgan fingerprint density at radius 2 is 1.07 bits per heavy atom. The third kappa shape index (κ3) is 4.71. The van der Waals surface area contributed by atoms with Gasteiger partial charge in [0.15, 0.2) is 0 Å². The monoisotopic (exact) mass is 726 g/mol. The van der Waals surface area contributed by atoms with Gasteiger partial charge in [0.05, 0.1) is 16.9 Å². The maximum atomic E-state index is 16.1. The lowest BCUT2D eigenvalue weighted by molar-refractivity contribution is -0.254. The topological polar surface area (TPSA) is 26.3 Å². The van der Waals surface area contributed by atoms with E-state index in [1.807, 2.05) is 0 Å². The number of carbonyl (C=O) groups excluding carboxylic acids is 1. The molecule has 1 aliphatic rings. The maximum Gasteiger partial charge on any atom is 0.380 e. The molecule has 0 aromatic carbocycles. The van der Waals surface area contributed by atoms with E-state index in [-0.39, 0.29) is 20.2 Å². The lowest BCUT2D eigenvalue weighted by Crippen LogP contribution is -2.48. The van der Waals surface area contributed by atoms with Crippen molar-refractivity contribution >= 4 is 85.1 Å². The Balaban J connectivity index is 1.55. The maximum absolute atomic E-state index is 16.1. The van der Waals surface area contributed by atoms with Gasteiger partial charge in [0, 0.05) is 51.5 Å². The Kier molecular flexibility index (Phi) is 7.53. The highest BCUT2D eigenvalue weighted by Gasteiger charge is 2.80. The summed E-state index contributed by atoms with van der Waals surface area (Å²) in [6.07, 6.45) is 0. The Bertz CT molecular complexity index is 2040. The Morgan fingerprint density at radius 1 is 0.600 bits per heavy atom. The molecule has 0 amide bonds. The summed E-state index contributed by atoms with van der Waals surface area (Å²) in [5, 5.41) is 5.18. The van der Waals surface area contributed by atoms with Gasteiger partial charge < -0.3 is 4.74 Å². The van der Waals surface area contributed by atoms with E-state index in [1.165, 1.54) is 59.3 Å². The van der Waals surface area contributed by atoms with E-state index in [2.05, 4.69) is 0 Å². The summed E-state index contributed by atoms with van der Waals surface area (Å²) in [4.78, 5) is 15.7. The number of ether oxygens (including phenoxy) is 1. The predicted molar refractivity (Wildman–Crippen MR) is 175 cm³/mol. The first-order valence-corrected chi connectivity index (χ1v) is 18.0. The summed E-state index contributed by atoms with van der Waals surface area (Å²) >= 11 is 6.84. The summed E-state index contributed by atoms with van der Waals surface area (Å²) < 4.78 is 100. The molecule has 7 rings (SSSR count). The van der Waals surface area contributed by atoms with Gasteiger partial charge in [-0.1, -0.05) is 18.2 Å². The lowest BCUT2D eigenvalue weighted by atomic mass is 9.94. The van der Waals surface area contributed by atoms with Gasteiger partial charge in [-0.3, -0.25) is 0 Å². The lowest BCUT2D eigenvalue weighted by Gasteiger charge is -2.25. The molecule has 230 valence electrons. The first-order valence-electron chi connectivity index (χ1n) is 12.9. The summed E-state index contributed by atoms with van der Waals surface area (Å²) in [6, 6.07) is 15.8. The quantitative estimate of drug-likeness (QED) is 0.121. The third-order valence-electron chi connectivity index (χ3n) is 7.16. The smallest absolute Gasteiger partial charge is 0.380 e. The molecule has 0 fully saturated rings. The van der Waals surface area contributed by atoms with E-state index in [1.54, 1.807) is 58.6 Å². The minimum Gasteiger partial charge on any atom is -0.465 e. The van der Waals surface area contributed by atoms with Gasteiger partial charge in [-0.2, -0.15) is 26.3 Å². The van der Waals surface area contributed by atoms with Gasteiger partial charge in [0.1, 0.15) is 4.88 Å². The van der Waals surface area contributed by atoms with Crippen LogP contribution >= 0.6 is 68.0 Å². The summed E-state index contributed by atoms with van der Waals surface area (Å²) in [6.45, 7) is 0. The molecule has 6 heterocycles. The van der Waals surface area contributed by atoms with Crippen molar-refractivity contribution in [1.29, 1.82) is 0 Å². The molecule has 6 aromatic rings. The molecule has 0 saturated carbocycles. The minimum absolute atomic E-state index is 0.153. The Labute approximate surface area is 276 Å². The number of methoxy groups -OCH3 is 1. The molecule has 2 nitrogen and oxygen atoms in total. The van der Waals surface area contributed by atoms with Crippen molar-refractivity contribution < 1.29 is 35.9 Å². The standard InChI is InChI=1S/C31H16F6O2S6/c1-39-28(38)21-9-8-18(43-21)23-14-16(27(45-23)20-7-4-12-42-20)25-24(29(32,33)31(36,37)30(25,34)35)15-13-22(17-5-2-10-40-17)44-26(15)19-6-3-11-41-19/h2-14H,1H3. The average Bonchev–Trinajstić information content (AvgIpc) is 3.83. The molecule has 45 heavy (non-hydrogen) atoms. The summed E-state index contributed by atoms with van der Waals surface area (Å²) in [5.74, 6) is -16.7. The zero-order chi connectivity index (χ0) is 31.7. The molecule has 0 radical (unpaired) electrons. The fraction of sp³-hybridized carbons (Fsp3) is 0.129. The van der Waals surface area contributed by atoms with Crippen molar-refractivity contribution in [2.45, 2.75) is 17.8 Å². The molecule has 0 bridgehead atoms. The number of hydrogen-bond donors (Lipinski definition) is 0. The number of alkyl halides is 6. The fourth-order valence-corrected chi connectivity index (χ4v) is 11.0. The number of thiophene rings is 6. The first-order chi connectivity index (χ1) is 21.5. The number of hydrogen-bond acceptors (Lipinski definition) is 8. The normalized spacial score (nSPS) is 16.9. The highest BCUT2D eigenvalue weighted by Crippen LogP contribution is 2.67. The predicted octanol–water partition coefficient (Wildman–Crippen LogP) is 12.3. The fourth-order valence-electron chi connectivity index (χ4n) is 5.11. The molecule has 0 aliphatic heterocycles. The molecular formula is C31H16F6O2S6. The van der Waals surface area contributed by atoms with E-state index >= 15 is 26.3 Å². The van der Waals surface area contributed by atoms with Gasteiger partial charge in [0.2, 0.25) is 0 Å². The van der Waals surface area contributed by atoms with Crippen LogP contribution in [-0.2, 0) is 4.74 Å². The summed E-state index contributed by atoms with van der Waals surface area (Å²) in [5.41, 5.74) is -3.54. The first kappa shape index (κ1) is 30.6. The van der Waals surface area contributed by atoms with Crippen molar-refractivity contribution in [1.82, 2.24) is 0 Å². The van der Waals surface area contributed by atoms with E-state index in [0.29, 0.717) is 29.3 Å². The molecular weight excluding hydrogens is 711 g/mol. The van der Waals surface area contributed by atoms with Gasteiger partial charge >= 0.3 is 23.7 Å². The Morgan fingerprint density at radius 3 is 1.51 bits per heavy atom. The average molecular weight is 727 g/mol. The molecule has 0 unspecified atom stereocenters. The molecule has 0 N–H and O–H groups in total. The van der Waals surface area contributed by atoms with Crippen LogP contribution in [0.25, 0.3) is 50.2 Å². The highest BCUT2D eigenvalue weighted by atomic mass is 32.1. The van der Waals surface area contributed by atoms with Crippen LogP contribution < -0.4 is 0 Å². The Hall–Kier alpha value is -3.01. The van der Waals surface area contributed by atoms with Crippen LogP contribution in [0.1, 0.15) is 20.8 Å². The number of halogens is 6. The zero-order valence-electron chi connectivity index (χ0n) is 22.5. The molecule has 0 saturated heterocycles. The van der Waals surface area contributed by atoms with Gasteiger partial charge in [-0.25, -0.2) is 4.79 Å². The number of allylic oxidation sites excluding steroid dienone is 2. The van der Waals surface area contributed by atoms with Crippen molar-refractivity contribution in [3.05, 3.63) is 92.8 Å². The van der Waals surface area contributed by atoms with Crippen molar-refractivity contribution in [2.75, 3.05) is 7.11 Å². The van der Waals surface area contributed by atoms with Crippen LogP contribution in [0.15, 0.2) is 76.8 Å². The molecule has 6 aromatic heterocycles. The van der Waals surface area contributed by atoms with E-state index < -0.39 is 40.4 Å². The van der Waals surface area contributed by atoms with Crippen LogP contribution in [0, 0.1) is 0 Å². The second kappa shape index (κ2) is 11.1. The third-order valence-corrected chi connectivity index (χ3v) is 13.9. The minimum atomic E-state index is -5.71. The van der Waals surface area contributed by atoms with Gasteiger partial charge in [-0.05, 0) is 58.6 Å². The largest absolute Gasteiger partial charge is 0.465 e. The van der Waals surface area contributed by atoms with Crippen LogP contribution in [-0.4, -0.2) is 30.8 Å². The zero-order valence-corrected chi connectivity index (χ0v) is 27.4. The molecule has 0 spiro atoms. The molecule has 0 atom stereocenters.